The van der Waals surface area contributed by atoms with E-state index in [-0.39, 0.29) is 22.6 Å². The molecule has 10 heteroatoms. The minimum atomic E-state index is -4.14. The zero-order valence-electron chi connectivity index (χ0n) is 17.2. The van der Waals surface area contributed by atoms with E-state index in [0.717, 1.165) is 11.6 Å². The molecule has 164 valence electrons. The summed E-state index contributed by atoms with van der Waals surface area (Å²) in [5.74, 6) is -2.06. The fourth-order valence-electron chi connectivity index (χ4n) is 3.11. The number of rotatable bonds is 9. The molecule has 0 spiro atoms. The highest BCUT2D eigenvalue weighted by atomic mass is 32.2. The van der Waals surface area contributed by atoms with Gasteiger partial charge in [-0.1, -0.05) is 30.3 Å². The van der Waals surface area contributed by atoms with Crippen molar-refractivity contribution < 1.29 is 22.8 Å². The molecule has 2 aromatic rings. The van der Waals surface area contributed by atoms with Crippen LogP contribution in [0.3, 0.4) is 0 Å². The van der Waals surface area contributed by atoms with E-state index in [1.165, 1.54) is 12.1 Å². The Morgan fingerprint density at radius 1 is 1.10 bits per heavy atom. The average molecular weight is 445 g/mol. The topological polar surface area (TPSA) is 125 Å². The van der Waals surface area contributed by atoms with E-state index in [1.807, 2.05) is 25.1 Å². The number of amides is 2. The molecule has 0 aromatic heterocycles. The molecule has 1 atom stereocenters. The van der Waals surface area contributed by atoms with E-state index < -0.39 is 33.7 Å². The summed E-state index contributed by atoms with van der Waals surface area (Å²) in [5, 5.41) is 5.12. The second kappa shape index (κ2) is 9.38. The largest absolute Gasteiger partial charge is 0.353 e. The molecule has 0 fully saturated rings. The summed E-state index contributed by atoms with van der Waals surface area (Å²) in [7, 11) is -0.409. The highest BCUT2D eigenvalue weighted by Gasteiger charge is 2.31. The van der Waals surface area contributed by atoms with Crippen LogP contribution in [0.2, 0.25) is 0 Å². The zero-order valence-corrected chi connectivity index (χ0v) is 18.0. The molecule has 0 bridgehead atoms. The molecule has 2 amide bonds. The fourth-order valence-corrected chi connectivity index (χ4v) is 4.33. The number of hydrogen-bond acceptors (Lipinski definition) is 6. The standard InChI is InChI=1S/C21H24N4O5S/c1-25(2)11-10-22-20(27)18(12-14-6-4-3-5-7-14)24-31(29,30)15-8-9-17-16(13-15)19(26)21(28)23-17/h3-9,13,18,24H,10-12H2,1-2H3,(H,22,27)(H,23,26,28)/t18-/m0/s1. The van der Waals surface area contributed by atoms with Gasteiger partial charge in [-0.05, 0) is 44.3 Å². The predicted molar refractivity (Wildman–Crippen MR) is 115 cm³/mol. The molecule has 1 aliphatic heterocycles. The van der Waals surface area contributed by atoms with Gasteiger partial charge in [-0.2, -0.15) is 4.72 Å². The van der Waals surface area contributed by atoms with E-state index in [0.29, 0.717) is 13.1 Å². The average Bonchev–Trinajstić information content (AvgIpc) is 3.01. The lowest BCUT2D eigenvalue weighted by atomic mass is 10.1. The van der Waals surface area contributed by atoms with Crippen LogP contribution in [0.4, 0.5) is 5.69 Å². The van der Waals surface area contributed by atoms with Crippen LogP contribution in [-0.4, -0.2) is 64.1 Å². The molecule has 3 N–H and O–H groups in total. The number of carbonyl (C=O) groups excluding carboxylic acids is 3. The van der Waals surface area contributed by atoms with Crippen molar-refractivity contribution in [3.05, 3.63) is 59.7 Å². The molecule has 2 aromatic carbocycles. The smallest absolute Gasteiger partial charge is 0.296 e. The summed E-state index contributed by atoms with van der Waals surface area (Å²) in [6, 6.07) is 11.8. The molecule has 1 heterocycles. The normalized spacial score (nSPS) is 14.3. The molecular formula is C21H24N4O5S. The first kappa shape index (κ1) is 22.6. The molecule has 0 unspecified atom stereocenters. The molecule has 9 nitrogen and oxygen atoms in total. The molecule has 0 aliphatic carbocycles. The van der Waals surface area contributed by atoms with E-state index in [4.69, 9.17) is 0 Å². The third kappa shape index (κ3) is 5.54. The molecule has 3 rings (SSSR count). The van der Waals surface area contributed by atoms with Gasteiger partial charge in [0.2, 0.25) is 15.9 Å². The highest BCUT2D eigenvalue weighted by molar-refractivity contribution is 7.89. The Labute approximate surface area is 180 Å². The summed E-state index contributed by atoms with van der Waals surface area (Å²) in [6.45, 7) is 0.963. The first-order valence-corrected chi connectivity index (χ1v) is 11.1. The van der Waals surface area contributed by atoms with Crippen LogP contribution in [0.25, 0.3) is 0 Å². The molecular weight excluding hydrogens is 420 g/mol. The number of nitrogens with one attached hydrogen (secondary N) is 3. The first-order chi connectivity index (χ1) is 14.7. The van der Waals surface area contributed by atoms with Gasteiger partial charge in [0.15, 0.2) is 0 Å². The summed E-state index contributed by atoms with van der Waals surface area (Å²) in [4.78, 5) is 37.9. The van der Waals surface area contributed by atoms with Crippen molar-refractivity contribution in [1.29, 1.82) is 0 Å². The number of hydrogen-bond donors (Lipinski definition) is 3. The number of likely N-dealkylation sites (N-methyl/N-ethyl adjacent to an activating group) is 1. The quantitative estimate of drug-likeness (QED) is 0.481. The van der Waals surface area contributed by atoms with Crippen LogP contribution in [0.1, 0.15) is 15.9 Å². The maximum atomic E-state index is 13.0. The van der Waals surface area contributed by atoms with Gasteiger partial charge in [0, 0.05) is 13.1 Å². The molecule has 31 heavy (non-hydrogen) atoms. The van der Waals surface area contributed by atoms with Gasteiger partial charge in [0.05, 0.1) is 16.1 Å². The van der Waals surface area contributed by atoms with Gasteiger partial charge in [-0.3, -0.25) is 14.4 Å². The first-order valence-electron chi connectivity index (χ1n) is 9.66. The summed E-state index contributed by atoms with van der Waals surface area (Å²) >= 11 is 0. The minimum absolute atomic E-state index is 0.0112. The second-order valence-electron chi connectivity index (χ2n) is 7.45. The molecule has 0 radical (unpaired) electrons. The minimum Gasteiger partial charge on any atom is -0.353 e. The Morgan fingerprint density at radius 2 is 1.81 bits per heavy atom. The van der Waals surface area contributed by atoms with Crippen LogP contribution in [0, 0.1) is 0 Å². The SMILES string of the molecule is CN(C)CCNC(=O)[C@H](Cc1ccccc1)NS(=O)(=O)c1ccc2c(c1)C(=O)C(=O)N2. The second-order valence-corrected chi connectivity index (χ2v) is 9.16. The van der Waals surface area contributed by atoms with Gasteiger partial charge in [0.25, 0.3) is 11.7 Å². The Balaban J connectivity index is 1.83. The van der Waals surface area contributed by atoms with Crippen molar-refractivity contribution in [3.8, 4) is 0 Å². The van der Waals surface area contributed by atoms with Crippen molar-refractivity contribution in [3.63, 3.8) is 0 Å². The Morgan fingerprint density at radius 3 is 2.48 bits per heavy atom. The van der Waals surface area contributed by atoms with Gasteiger partial charge in [-0.25, -0.2) is 8.42 Å². The fraction of sp³-hybridized carbons (Fsp3) is 0.286. The number of ketones is 1. The number of fused-ring (bicyclic) bond motifs is 1. The highest BCUT2D eigenvalue weighted by Crippen LogP contribution is 2.26. The number of nitrogens with zero attached hydrogens (tertiary/aromatic N) is 1. The Kier molecular flexibility index (Phi) is 6.84. The van der Waals surface area contributed by atoms with Crippen LogP contribution < -0.4 is 15.4 Å². The predicted octanol–water partition coefficient (Wildman–Crippen LogP) is 0.389. The van der Waals surface area contributed by atoms with Crippen LogP contribution in [-0.2, 0) is 26.0 Å². The Bertz CT molecular complexity index is 1100. The molecule has 1 aliphatic rings. The van der Waals surface area contributed by atoms with Gasteiger partial charge in [-0.15, -0.1) is 0 Å². The lowest BCUT2D eigenvalue weighted by Gasteiger charge is -2.20. The van der Waals surface area contributed by atoms with Crippen molar-refractivity contribution in [2.75, 3.05) is 32.5 Å². The van der Waals surface area contributed by atoms with Crippen molar-refractivity contribution in [1.82, 2.24) is 14.9 Å². The van der Waals surface area contributed by atoms with Crippen LogP contribution >= 0.6 is 0 Å². The van der Waals surface area contributed by atoms with Gasteiger partial charge in [0.1, 0.15) is 6.04 Å². The monoisotopic (exact) mass is 444 g/mol. The number of sulfonamides is 1. The summed E-state index contributed by atoms with van der Waals surface area (Å²) in [5.41, 5.74) is 1.04. The number of benzene rings is 2. The Hall–Kier alpha value is -3.08. The third-order valence-corrected chi connectivity index (χ3v) is 6.22. The van der Waals surface area contributed by atoms with Gasteiger partial charge >= 0.3 is 0 Å². The van der Waals surface area contributed by atoms with Crippen LogP contribution in [0.5, 0.6) is 0 Å². The number of carbonyl (C=O) groups is 3. The number of anilines is 1. The lowest BCUT2D eigenvalue weighted by Crippen LogP contribution is -2.49. The lowest BCUT2D eigenvalue weighted by molar-refractivity contribution is -0.122. The van der Waals surface area contributed by atoms with E-state index in [9.17, 15) is 22.8 Å². The van der Waals surface area contributed by atoms with E-state index in [1.54, 1.807) is 24.3 Å². The zero-order chi connectivity index (χ0) is 22.6. The summed E-state index contributed by atoms with van der Waals surface area (Å²) in [6.07, 6.45) is 0.151. The van der Waals surface area contributed by atoms with Crippen LogP contribution in [0.15, 0.2) is 53.4 Å². The van der Waals surface area contributed by atoms with Crippen molar-refractivity contribution in [2.45, 2.75) is 17.4 Å². The molecule has 0 saturated carbocycles. The van der Waals surface area contributed by atoms with Crippen molar-refractivity contribution >= 4 is 33.3 Å². The maximum Gasteiger partial charge on any atom is 0.296 e. The maximum absolute atomic E-state index is 13.0. The van der Waals surface area contributed by atoms with E-state index in [2.05, 4.69) is 15.4 Å². The summed E-state index contributed by atoms with van der Waals surface area (Å²) < 4.78 is 28.4. The third-order valence-electron chi connectivity index (χ3n) is 4.76. The van der Waals surface area contributed by atoms with Gasteiger partial charge < -0.3 is 15.5 Å². The number of Topliss-reactive ketones (excluding diaryl/α,β-unsaturated/α-hetero) is 1. The molecule has 0 saturated heterocycles. The van der Waals surface area contributed by atoms with Crippen molar-refractivity contribution in [2.24, 2.45) is 0 Å². The van der Waals surface area contributed by atoms with E-state index >= 15 is 0 Å².